The van der Waals surface area contributed by atoms with Gasteiger partial charge in [0.2, 0.25) is 5.92 Å². The molecule has 0 radical (unpaired) electrons. The van der Waals surface area contributed by atoms with Crippen LogP contribution in [0.25, 0.3) is 0 Å². The van der Waals surface area contributed by atoms with Crippen LogP contribution >= 0.6 is 0 Å². The Hall–Kier alpha value is -1.26. The van der Waals surface area contributed by atoms with Gasteiger partial charge in [0.05, 0.1) is 6.04 Å². The largest absolute Gasteiger partial charge is 0.296 e. The van der Waals surface area contributed by atoms with Gasteiger partial charge in [-0.25, -0.2) is 8.78 Å². The van der Waals surface area contributed by atoms with E-state index in [1.54, 1.807) is 10.7 Å². The topological polar surface area (TPSA) is 34.9 Å². The second kappa shape index (κ2) is 3.72. The molecular formula is C10H12F2N2O. The number of aromatic nitrogens is 2. The molecule has 0 spiro atoms. The maximum Gasteiger partial charge on any atom is 0.248 e. The third-order valence-electron chi connectivity index (χ3n) is 2.85. The van der Waals surface area contributed by atoms with Crippen molar-refractivity contribution in [2.24, 2.45) is 0 Å². The minimum absolute atomic E-state index is 0.0557. The fourth-order valence-corrected chi connectivity index (χ4v) is 1.99. The molecule has 1 saturated carbocycles. The minimum Gasteiger partial charge on any atom is -0.296 e. The van der Waals surface area contributed by atoms with Crippen LogP contribution in [0.4, 0.5) is 8.78 Å². The SMILES string of the molecule is O=Cc1ccnn1C1CCC(F)(F)CC1. The lowest BCUT2D eigenvalue weighted by atomic mass is 9.92. The predicted molar refractivity (Wildman–Crippen MR) is 50.1 cm³/mol. The van der Waals surface area contributed by atoms with E-state index in [4.69, 9.17) is 0 Å². The van der Waals surface area contributed by atoms with Crippen molar-refractivity contribution in [3.63, 3.8) is 0 Å². The zero-order valence-electron chi connectivity index (χ0n) is 8.20. The lowest BCUT2D eigenvalue weighted by Gasteiger charge is -2.28. The van der Waals surface area contributed by atoms with Crippen molar-refractivity contribution in [2.45, 2.75) is 37.6 Å². The van der Waals surface area contributed by atoms with Crippen LogP contribution in [-0.4, -0.2) is 22.0 Å². The van der Waals surface area contributed by atoms with Gasteiger partial charge in [0.15, 0.2) is 6.29 Å². The highest BCUT2D eigenvalue weighted by Crippen LogP contribution is 2.38. The first-order valence-electron chi connectivity index (χ1n) is 4.99. The van der Waals surface area contributed by atoms with Gasteiger partial charge in [-0.05, 0) is 18.9 Å². The number of aldehydes is 1. The van der Waals surface area contributed by atoms with Crippen LogP contribution in [-0.2, 0) is 0 Å². The van der Waals surface area contributed by atoms with Gasteiger partial charge in [-0.15, -0.1) is 0 Å². The molecule has 5 heteroatoms. The fourth-order valence-electron chi connectivity index (χ4n) is 1.99. The Kier molecular flexibility index (Phi) is 2.54. The summed E-state index contributed by atoms with van der Waals surface area (Å²) < 4.78 is 27.4. The number of hydrogen-bond acceptors (Lipinski definition) is 2. The van der Waals surface area contributed by atoms with E-state index in [1.165, 1.54) is 6.20 Å². The second-order valence-corrected chi connectivity index (χ2v) is 3.91. The molecule has 1 aromatic heterocycles. The summed E-state index contributed by atoms with van der Waals surface area (Å²) in [5, 5.41) is 4.00. The Balaban J connectivity index is 2.10. The summed E-state index contributed by atoms with van der Waals surface area (Å²) >= 11 is 0. The smallest absolute Gasteiger partial charge is 0.248 e. The summed E-state index contributed by atoms with van der Waals surface area (Å²) in [6.07, 6.45) is 2.77. The normalized spacial score (nSPS) is 21.5. The van der Waals surface area contributed by atoms with Crippen molar-refractivity contribution >= 4 is 6.29 Å². The number of nitrogens with zero attached hydrogens (tertiary/aromatic N) is 2. The lowest BCUT2D eigenvalue weighted by molar-refractivity contribution is -0.0450. The molecule has 1 aliphatic carbocycles. The summed E-state index contributed by atoms with van der Waals surface area (Å²) in [5.41, 5.74) is 0.463. The number of carbonyl (C=O) groups excluding carboxylic acids is 1. The highest BCUT2D eigenvalue weighted by atomic mass is 19.3. The molecule has 1 fully saturated rings. The number of hydrogen-bond donors (Lipinski definition) is 0. The van der Waals surface area contributed by atoms with Crippen LogP contribution in [0.1, 0.15) is 42.2 Å². The highest BCUT2D eigenvalue weighted by molar-refractivity contribution is 5.71. The van der Waals surface area contributed by atoms with Crippen LogP contribution in [0.3, 0.4) is 0 Å². The van der Waals surface area contributed by atoms with Gasteiger partial charge >= 0.3 is 0 Å². The Labute approximate surface area is 86.1 Å². The molecule has 0 saturated heterocycles. The summed E-state index contributed by atoms with van der Waals surface area (Å²) in [4.78, 5) is 10.6. The number of carbonyl (C=O) groups is 1. The number of halogens is 2. The first-order valence-corrected chi connectivity index (χ1v) is 4.99. The quantitative estimate of drug-likeness (QED) is 0.709. The van der Waals surface area contributed by atoms with Crippen LogP contribution in [0.15, 0.2) is 12.3 Å². The Morgan fingerprint density at radius 1 is 1.47 bits per heavy atom. The van der Waals surface area contributed by atoms with Crippen molar-refractivity contribution in [1.82, 2.24) is 9.78 Å². The zero-order chi connectivity index (χ0) is 10.9. The van der Waals surface area contributed by atoms with Gasteiger partial charge in [0.1, 0.15) is 5.69 Å². The molecule has 2 rings (SSSR count). The summed E-state index contributed by atoms with van der Waals surface area (Å²) in [5.74, 6) is -2.54. The minimum atomic E-state index is -2.54. The molecule has 82 valence electrons. The van der Waals surface area contributed by atoms with Gasteiger partial charge in [-0.1, -0.05) is 0 Å². The lowest BCUT2D eigenvalue weighted by Crippen LogP contribution is -2.27. The number of alkyl halides is 2. The van der Waals surface area contributed by atoms with E-state index >= 15 is 0 Å². The predicted octanol–water partition coefficient (Wildman–Crippen LogP) is 2.45. The molecule has 1 heterocycles. The molecule has 0 N–H and O–H groups in total. The fraction of sp³-hybridized carbons (Fsp3) is 0.600. The van der Waals surface area contributed by atoms with Gasteiger partial charge in [-0.2, -0.15) is 5.10 Å². The van der Waals surface area contributed by atoms with E-state index in [0.29, 0.717) is 24.8 Å². The molecule has 0 amide bonds. The molecule has 3 nitrogen and oxygen atoms in total. The molecule has 15 heavy (non-hydrogen) atoms. The van der Waals surface area contributed by atoms with Gasteiger partial charge in [0, 0.05) is 19.0 Å². The third-order valence-corrected chi connectivity index (χ3v) is 2.85. The van der Waals surface area contributed by atoms with Gasteiger partial charge < -0.3 is 0 Å². The maximum atomic E-state index is 12.9. The Morgan fingerprint density at radius 3 is 2.73 bits per heavy atom. The first kappa shape index (κ1) is 10.3. The highest BCUT2D eigenvalue weighted by Gasteiger charge is 2.36. The van der Waals surface area contributed by atoms with Crippen molar-refractivity contribution in [2.75, 3.05) is 0 Å². The molecule has 0 unspecified atom stereocenters. The van der Waals surface area contributed by atoms with E-state index in [1.807, 2.05) is 0 Å². The Morgan fingerprint density at radius 2 is 2.13 bits per heavy atom. The van der Waals surface area contributed by atoms with E-state index < -0.39 is 5.92 Å². The standard InChI is InChI=1S/C10H12F2N2O/c11-10(12)4-1-8(2-5-10)14-9(7-15)3-6-13-14/h3,6-8H,1-2,4-5H2. The van der Waals surface area contributed by atoms with Gasteiger partial charge in [-0.3, -0.25) is 9.48 Å². The van der Waals surface area contributed by atoms with Crippen LogP contribution < -0.4 is 0 Å². The average molecular weight is 214 g/mol. The van der Waals surface area contributed by atoms with Crippen molar-refractivity contribution in [1.29, 1.82) is 0 Å². The molecule has 1 aliphatic rings. The molecule has 0 aliphatic heterocycles. The molecule has 0 bridgehead atoms. The van der Waals surface area contributed by atoms with Crippen molar-refractivity contribution in [3.8, 4) is 0 Å². The van der Waals surface area contributed by atoms with E-state index in [0.717, 1.165) is 0 Å². The summed E-state index contributed by atoms with van der Waals surface area (Å²) in [6, 6.07) is 1.54. The van der Waals surface area contributed by atoms with Gasteiger partial charge in [0.25, 0.3) is 0 Å². The molecule has 1 aromatic rings. The molecule has 0 atom stereocenters. The molecular weight excluding hydrogens is 202 g/mol. The van der Waals surface area contributed by atoms with E-state index in [2.05, 4.69) is 5.10 Å². The van der Waals surface area contributed by atoms with E-state index in [9.17, 15) is 13.6 Å². The van der Waals surface area contributed by atoms with E-state index in [-0.39, 0.29) is 18.9 Å². The monoisotopic (exact) mass is 214 g/mol. The third kappa shape index (κ3) is 2.06. The van der Waals surface area contributed by atoms with Crippen LogP contribution in [0.5, 0.6) is 0 Å². The van der Waals surface area contributed by atoms with Crippen molar-refractivity contribution < 1.29 is 13.6 Å². The number of rotatable bonds is 2. The second-order valence-electron chi connectivity index (χ2n) is 3.91. The summed E-state index contributed by atoms with van der Waals surface area (Å²) in [7, 11) is 0. The summed E-state index contributed by atoms with van der Waals surface area (Å²) in [6.45, 7) is 0. The van der Waals surface area contributed by atoms with Crippen LogP contribution in [0.2, 0.25) is 0 Å². The average Bonchev–Trinajstić information content (AvgIpc) is 2.65. The molecule has 0 aromatic carbocycles. The maximum absolute atomic E-state index is 12.9. The Bertz CT molecular complexity index is 352. The van der Waals surface area contributed by atoms with Crippen LogP contribution in [0, 0.1) is 0 Å². The van der Waals surface area contributed by atoms with Crippen molar-refractivity contribution in [3.05, 3.63) is 18.0 Å². The first-order chi connectivity index (χ1) is 7.12. The zero-order valence-corrected chi connectivity index (χ0v) is 8.20.